The smallest absolute Gasteiger partial charge is 0.328 e. The minimum Gasteiger partial charge on any atom is -0.481 e. The van der Waals surface area contributed by atoms with E-state index in [-0.39, 0.29) is 132 Å². The molecule has 0 aromatic carbocycles. The fourth-order valence-electron chi connectivity index (χ4n) is 10.6. The fraction of sp³-hybridized carbons (Fsp3) is 0.707. The van der Waals surface area contributed by atoms with E-state index in [1.165, 1.54) is 0 Å². The molecule has 8 rings (SSSR count). The summed E-state index contributed by atoms with van der Waals surface area (Å²) in [5.74, 6) is -4.96. The summed E-state index contributed by atoms with van der Waals surface area (Å²) in [6, 6.07) is 0. The molecule has 53 heteroatoms. The Hall–Kier alpha value is -10.3. The second kappa shape index (κ2) is 66.2. The zero-order valence-electron chi connectivity index (χ0n) is 79.0. The van der Waals surface area contributed by atoms with Crippen LogP contribution in [0, 0.1) is 0 Å². The van der Waals surface area contributed by atoms with Gasteiger partial charge in [0.25, 0.3) is 23.5 Å². The first-order chi connectivity index (χ1) is 63.3. The zero-order chi connectivity index (χ0) is 99.7. The first-order valence-corrected chi connectivity index (χ1v) is 46.1. The highest BCUT2D eigenvalue weighted by Crippen LogP contribution is 2.31. The number of aliphatic carboxylic acids is 5. The van der Waals surface area contributed by atoms with Crippen LogP contribution in [-0.4, -0.2) is 356 Å². The van der Waals surface area contributed by atoms with E-state index in [0.717, 1.165) is 86.2 Å². The second-order valence-corrected chi connectivity index (χ2v) is 35.1. The average molecular weight is 2020 g/mol. The van der Waals surface area contributed by atoms with Gasteiger partial charge in [0, 0.05) is 125 Å². The molecule has 135 heavy (non-hydrogen) atoms. The maximum Gasteiger partial charge on any atom is 0.328 e. The van der Waals surface area contributed by atoms with Gasteiger partial charge in [-0.15, -0.1) is 29.9 Å². The third-order valence-electron chi connectivity index (χ3n) is 17.1. The Morgan fingerprint density at radius 1 is 0.319 bits per heavy atom. The lowest BCUT2D eigenvalue weighted by Crippen LogP contribution is -2.44. The van der Waals surface area contributed by atoms with E-state index in [4.69, 9.17) is 96.6 Å². The van der Waals surface area contributed by atoms with Gasteiger partial charge < -0.3 is 137 Å². The molecule has 764 valence electrons. The number of carboxylic acid groups (broad SMARTS) is 5. The van der Waals surface area contributed by atoms with Gasteiger partial charge in [0.05, 0.1) is 171 Å². The monoisotopic (exact) mass is 2020 g/mol. The summed E-state index contributed by atoms with van der Waals surface area (Å²) >= 11 is 4.29. The lowest BCUT2D eigenvalue weighted by atomic mass is 10.1. The zero-order valence-corrected chi connectivity index (χ0v) is 83.1. The van der Waals surface area contributed by atoms with Crippen LogP contribution in [0.25, 0.3) is 0 Å². The molecule has 48 nitrogen and oxygen atoms in total. The number of nitrogens with one attached hydrogen (secondary N) is 4. The number of hydrogen-bond acceptors (Lipinski definition) is 47. The number of nitrogens with zero attached hydrogens (tertiary/aromatic N) is 12. The van der Waals surface area contributed by atoms with Crippen molar-refractivity contribution in [3.63, 3.8) is 0 Å². The molecule has 0 unspecified atom stereocenters. The van der Waals surface area contributed by atoms with Crippen molar-refractivity contribution >= 4 is 154 Å². The highest BCUT2D eigenvalue weighted by atomic mass is 35.5. The molecule has 4 aromatic heterocycles. The van der Waals surface area contributed by atoms with Crippen LogP contribution in [0.4, 0.5) is 23.3 Å². The normalized spacial score (nSPS) is 14.8. The molecule has 0 radical (unpaired) electrons. The number of hydrogen-bond donors (Lipinski definition) is 9. The number of carboxylic acids is 5. The molecule has 0 amide bonds. The molecular weight excluding hydrogens is 1880 g/mol. The first-order valence-electron chi connectivity index (χ1n) is 43.2. The van der Waals surface area contributed by atoms with Crippen molar-refractivity contribution in [2.24, 2.45) is 0 Å². The Morgan fingerprint density at radius 2 is 0.504 bits per heavy atom. The molecule has 0 spiro atoms. The molecule has 4 fully saturated rings. The van der Waals surface area contributed by atoms with E-state index in [2.05, 4.69) is 71.0 Å². The minimum absolute atomic E-state index is 0. The Morgan fingerprint density at radius 3 is 0.674 bits per heavy atom. The standard InChI is InChI=1S/3C19H32N4O6S.C17H28N4O6S.2C4H4O4.ClH/c3*1-5-27-15(24)6-7-16(25)29-14(12-20-19(2,3)4)13-28-18-17(21-30-22-18)23-8-10-26-11-9-23;1-17(2,3)18-10-12(27-14(24)5-4-13(22)23)11-26-16-15(19-28-20-16)21-6-8-25-9-7-21;2*5-3(6)1-2-4(7)8;/h3*14,20H,5-13H2,1-4H3;12,18H,4-11H2,1-3H3,(H,22,23);2*1-2H,(H,5,6)(H,7,8);1H/b;;;;2*2-1-;/t3*14-;12-;;;/m0000.../s1. The van der Waals surface area contributed by atoms with Gasteiger partial charge in [-0.3, -0.25) is 38.4 Å². The molecule has 4 aliphatic rings. The van der Waals surface area contributed by atoms with Crippen molar-refractivity contribution in [2.75, 3.05) is 197 Å². The Balaban J connectivity index is 0.000000574. The van der Waals surface area contributed by atoms with Crippen LogP contribution >= 0.6 is 59.3 Å². The molecule has 4 aromatic rings. The molecular formula is C82H133ClN16O32S4. The largest absolute Gasteiger partial charge is 0.481 e. The van der Waals surface area contributed by atoms with Crippen LogP contribution in [0.1, 0.15) is 155 Å². The number of aromatic nitrogens is 8. The summed E-state index contributed by atoms with van der Waals surface area (Å²) < 4.78 is 116. The molecule has 0 aliphatic carbocycles. The van der Waals surface area contributed by atoms with Gasteiger partial charge in [0.15, 0.2) is 0 Å². The van der Waals surface area contributed by atoms with Crippen molar-refractivity contribution in [1.29, 1.82) is 0 Å². The number of ether oxygens (including phenoxy) is 15. The van der Waals surface area contributed by atoms with Gasteiger partial charge in [-0.1, -0.05) is 0 Å². The highest BCUT2D eigenvalue weighted by molar-refractivity contribution is 7.00. The number of rotatable bonds is 47. The van der Waals surface area contributed by atoms with Gasteiger partial charge in [-0.05, 0) is 104 Å². The third-order valence-corrected chi connectivity index (χ3v) is 19.1. The molecule has 8 heterocycles. The molecule has 4 atom stereocenters. The van der Waals surface area contributed by atoms with Gasteiger partial charge in [-0.25, -0.2) is 19.2 Å². The van der Waals surface area contributed by atoms with Gasteiger partial charge in [-0.2, -0.15) is 17.5 Å². The summed E-state index contributed by atoms with van der Waals surface area (Å²) in [5, 5.41) is 53.2. The van der Waals surface area contributed by atoms with Crippen molar-refractivity contribution in [3.05, 3.63) is 24.3 Å². The van der Waals surface area contributed by atoms with E-state index in [1.54, 1.807) is 20.8 Å². The van der Waals surface area contributed by atoms with E-state index in [0.29, 0.717) is 163 Å². The predicted octanol–water partition coefficient (Wildman–Crippen LogP) is 4.95. The number of anilines is 4. The van der Waals surface area contributed by atoms with Crippen molar-refractivity contribution in [2.45, 2.75) is 202 Å². The lowest BCUT2D eigenvalue weighted by Gasteiger charge is -2.27. The van der Waals surface area contributed by atoms with Gasteiger partial charge in [0.2, 0.25) is 23.3 Å². The summed E-state index contributed by atoms with van der Waals surface area (Å²) in [6.07, 6.45) is -0.580. The molecule has 4 aliphatic heterocycles. The lowest BCUT2D eigenvalue weighted by molar-refractivity contribution is -0.154. The first kappa shape index (κ1) is 121. The molecule has 0 saturated carbocycles. The number of morpholine rings is 4. The Bertz CT molecular complexity index is 3870. The van der Waals surface area contributed by atoms with E-state index in [1.807, 2.05) is 88.0 Å². The van der Waals surface area contributed by atoms with Gasteiger partial charge in [0.1, 0.15) is 50.8 Å². The van der Waals surface area contributed by atoms with Crippen LogP contribution in [0.5, 0.6) is 23.5 Å². The number of carbonyl (C=O) groups excluding carboxylic acids is 7. The summed E-state index contributed by atoms with van der Waals surface area (Å²) in [4.78, 5) is 140. The molecule has 4 saturated heterocycles. The number of esters is 7. The van der Waals surface area contributed by atoms with Crippen LogP contribution in [0.15, 0.2) is 24.3 Å². The summed E-state index contributed by atoms with van der Waals surface area (Å²) in [5.41, 5.74) is -0.642. The Kier molecular flexibility index (Phi) is 59.3. The van der Waals surface area contributed by atoms with Crippen molar-refractivity contribution in [3.8, 4) is 23.5 Å². The third kappa shape index (κ3) is 58.7. The maximum absolute atomic E-state index is 12.2. The summed E-state index contributed by atoms with van der Waals surface area (Å²) in [7, 11) is 0. The summed E-state index contributed by atoms with van der Waals surface area (Å²) in [6.45, 7) is 43.0. The van der Waals surface area contributed by atoms with Crippen LogP contribution in [0.2, 0.25) is 0 Å². The van der Waals surface area contributed by atoms with E-state index >= 15 is 0 Å². The highest BCUT2D eigenvalue weighted by Gasteiger charge is 2.31. The van der Waals surface area contributed by atoms with Crippen molar-refractivity contribution in [1.82, 2.24) is 56.3 Å². The fourth-order valence-corrected chi connectivity index (χ4v) is 12.7. The predicted molar refractivity (Wildman–Crippen MR) is 495 cm³/mol. The topological polar surface area (TPSA) is 609 Å². The molecule has 0 bridgehead atoms. The van der Waals surface area contributed by atoms with E-state index < -0.39 is 96.0 Å². The average Bonchev–Trinajstić information content (AvgIpc) is 1.74. The van der Waals surface area contributed by atoms with Crippen molar-refractivity contribution < 1.29 is 154 Å². The van der Waals surface area contributed by atoms with Crippen LogP contribution in [-0.2, 0) is 110 Å². The molecule has 9 N–H and O–H groups in total. The SMILES string of the molecule is CC(C)(C)NC[C@@H](COc1nsnc1N1CCOCC1)OC(=O)CCC(=O)O.CCOC(=O)CCC(=O)O[C@@H](CNC(C)(C)C)COc1nsnc1N1CCOCC1.CCOC(=O)CCC(=O)O[C@@H](CNC(C)(C)C)COc1nsnc1N1CCOCC1.CCOC(=O)CCC(=O)O[C@@H](CNC(C)(C)C)COc1nsnc1N1CCOCC1.Cl.O=C(O)/C=C\C(=O)O.O=C(O)/C=C\C(=O)O. The second-order valence-electron chi connectivity index (χ2n) is 33.0. The maximum atomic E-state index is 12.2. The number of carbonyl (C=O) groups is 12. The van der Waals surface area contributed by atoms with Gasteiger partial charge >= 0.3 is 71.6 Å². The van der Waals surface area contributed by atoms with E-state index in [9.17, 15) is 57.5 Å². The number of halogens is 1. The minimum atomic E-state index is -1.26. The van der Waals surface area contributed by atoms with Crippen LogP contribution < -0.4 is 59.8 Å². The van der Waals surface area contributed by atoms with Crippen LogP contribution in [0.3, 0.4) is 0 Å². The Labute approximate surface area is 807 Å². The quantitative estimate of drug-likeness (QED) is 0.0160.